The van der Waals surface area contributed by atoms with E-state index in [-0.39, 0.29) is 25.6 Å². The van der Waals surface area contributed by atoms with E-state index >= 15 is 0 Å². The standard InChI is InChI=1S/C20H20N6O4/c1-3-29-20(28)19(27)22-10-11-30-25-18(21-2)15-7-4-6-14(12-15)16-13-26-17(24-16)8-5-9-23-26/h4-9,12-13H,2-3,10-11H2,1H3,(H,22,27)/b25-18-. The highest BCUT2D eigenvalue weighted by atomic mass is 16.6. The first kappa shape index (κ1) is 20.6. The predicted octanol–water partition coefficient (Wildman–Crippen LogP) is 1.45. The van der Waals surface area contributed by atoms with Gasteiger partial charge in [0.2, 0.25) is 0 Å². The van der Waals surface area contributed by atoms with Crippen LogP contribution in [0.2, 0.25) is 0 Å². The van der Waals surface area contributed by atoms with Gasteiger partial charge in [0.15, 0.2) is 11.5 Å². The molecule has 2 aromatic heterocycles. The second kappa shape index (κ2) is 9.92. The van der Waals surface area contributed by atoms with Crippen molar-refractivity contribution in [1.82, 2.24) is 19.9 Å². The molecule has 1 N–H and O–H groups in total. The normalized spacial score (nSPS) is 11.2. The Kier molecular flexibility index (Phi) is 6.83. The fourth-order valence-corrected chi connectivity index (χ4v) is 2.55. The number of aromatic nitrogens is 3. The maximum absolute atomic E-state index is 11.4. The fourth-order valence-electron chi connectivity index (χ4n) is 2.55. The van der Waals surface area contributed by atoms with Crippen molar-refractivity contribution in [2.75, 3.05) is 19.8 Å². The number of hydrogen-bond acceptors (Lipinski definition) is 7. The molecule has 0 spiro atoms. The number of oxime groups is 1. The minimum Gasteiger partial charge on any atom is -0.459 e. The number of aliphatic imine (C=N–C) groups is 1. The summed E-state index contributed by atoms with van der Waals surface area (Å²) in [5.41, 5.74) is 3.03. The topological polar surface area (TPSA) is 120 Å². The molecule has 3 aromatic rings. The zero-order valence-electron chi connectivity index (χ0n) is 16.3. The molecule has 0 aliphatic carbocycles. The lowest BCUT2D eigenvalue weighted by molar-refractivity contribution is -0.154. The molecule has 10 heteroatoms. The van der Waals surface area contributed by atoms with Gasteiger partial charge in [-0.25, -0.2) is 19.3 Å². The summed E-state index contributed by atoms with van der Waals surface area (Å²) in [5, 5.41) is 10.5. The van der Waals surface area contributed by atoms with Crippen molar-refractivity contribution in [2.45, 2.75) is 6.92 Å². The zero-order valence-corrected chi connectivity index (χ0v) is 16.3. The summed E-state index contributed by atoms with van der Waals surface area (Å²) in [5.74, 6) is -1.50. The van der Waals surface area contributed by atoms with Gasteiger partial charge in [-0.2, -0.15) is 5.10 Å². The Morgan fingerprint density at radius 2 is 2.13 bits per heavy atom. The number of carbonyl (C=O) groups excluding carboxylic acids is 2. The number of nitrogens with one attached hydrogen (secondary N) is 1. The van der Waals surface area contributed by atoms with Crippen LogP contribution in [-0.4, -0.2) is 58.8 Å². The molecule has 0 unspecified atom stereocenters. The molecule has 3 rings (SSSR count). The Balaban J connectivity index is 1.63. The smallest absolute Gasteiger partial charge is 0.396 e. The summed E-state index contributed by atoms with van der Waals surface area (Å²) in [6.45, 7) is 5.40. The van der Waals surface area contributed by atoms with Crippen molar-refractivity contribution < 1.29 is 19.2 Å². The number of amidine groups is 1. The first-order valence-electron chi connectivity index (χ1n) is 9.15. The Hall–Kier alpha value is -4.08. The number of rotatable bonds is 7. The van der Waals surface area contributed by atoms with Crippen LogP contribution in [0.4, 0.5) is 0 Å². The highest BCUT2D eigenvalue weighted by Gasteiger charge is 2.13. The quantitative estimate of drug-likeness (QED) is 0.158. The van der Waals surface area contributed by atoms with Crippen LogP contribution < -0.4 is 5.32 Å². The van der Waals surface area contributed by atoms with Gasteiger partial charge in [-0.05, 0) is 31.8 Å². The van der Waals surface area contributed by atoms with Crippen molar-refractivity contribution in [1.29, 1.82) is 0 Å². The van der Waals surface area contributed by atoms with Gasteiger partial charge in [0.1, 0.15) is 6.61 Å². The molecule has 0 radical (unpaired) electrons. The maximum Gasteiger partial charge on any atom is 0.396 e. The van der Waals surface area contributed by atoms with Crippen molar-refractivity contribution in [3.05, 3.63) is 54.4 Å². The second-order valence-corrected chi connectivity index (χ2v) is 5.92. The fraction of sp³-hybridized carbons (Fsp3) is 0.200. The van der Waals surface area contributed by atoms with Gasteiger partial charge >= 0.3 is 11.9 Å². The van der Waals surface area contributed by atoms with Crippen LogP contribution in [0.3, 0.4) is 0 Å². The van der Waals surface area contributed by atoms with Gasteiger partial charge in [-0.3, -0.25) is 4.79 Å². The summed E-state index contributed by atoms with van der Waals surface area (Å²) >= 11 is 0. The highest BCUT2D eigenvalue weighted by Crippen LogP contribution is 2.20. The number of imidazole rings is 1. The minimum absolute atomic E-state index is 0.0436. The van der Waals surface area contributed by atoms with Crippen molar-refractivity contribution in [3.8, 4) is 11.3 Å². The highest BCUT2D eigenvalue weighted by molar-refractivity contribution is 6.32. The molecule has 10 nitrogen and oxygen atoms in total. The zero-order chi connectivity index (χ0) is 21.3. The van der Waals surface area contributed by atoms with E-state index in [4.69, 9.17) is 4.84 Å². The van der Waals surface area contributed by atoms with Gasteiger partial charge in [0, 0.05) is 17.3 Å². The lowest BCUT2D eigenvalue weighted by Gasteiger charge is -2.05. The molecule has 0 fully saturated rings. The van der Waals surface area contributed by atoms with Gasteiger partial charge in [-0.15, -0.1) is 0 Å². The number of amides is 1. The lowest BCUT2D eigenvalue weighted by atomic mass is 10.1. The number of fused-ring (bicyclic) bond motifs is 1. The average molecular weight is 408 g/mol. The van der Waals surface area contributed by atoms with Gasteiger partial charge in [0.05, 0.1) is 25.0 Å². The summed E-state index contributed by atoms with van der Waals surface area (Å²) < 4.78 is 6.28. The Morgan fingerprint density at radius 3 is 2.90 bits per heavy atom. The number of esters is 1. The van der Waals surface area contributed by atoms with Crippen LogP contribution in [0.15, 0.2) is 58.9 Å². The monoisotopic (exact) mass is 408 g/mol. The number of hydrogen-bond donors (Lipinski definition) is 1. The van der Waals surface area contributed by atoms with E-state index in [9.17, 15) is 9.59 Å². The van der Waals surface area contributed by atoms with Gasteiger partial charge in [0.25, 0.3) is 0 Å². The van der Waals surface area contributed by atoms with Crippen LogP contribution in [0.5, 0.6) is 0 Å². The van der Waals surface area contributed by atoms with Crippen molar-refractivity contribution in [3.63, 3.8) is 0 Å². The SMILES string of the molecule is C=N/C(=N\OCCNC(=O)C(=O)OCC)c1cccc(-c2cn3ncccc3n2)c1. The Bertz CT molecular complexity index is 1060. The molecule has 0 saturated heterocycles. The summed E-state index contributed by atoms with van der Waals surface area (Å²) in [4.78, 5) is 36.3. The molecule has 0 saturated carbocycles. The van der Waals surface area contributed by atoms with E-state index in [2.05, 4.69) is 37.0 Å². The third-order valence-corrected chi connectivity index (χ3v) is 3.89. The van der Waals surface area contributed by atoms with E-state index in [0.717, 1.165) is 16.9 Å². The van der Waals surface area contributed by atoms with Crippen molar-refractivity contribution in [2.24, 2.45) is 10.1 Å². The number of nitrogens with zero attached hydrogens (tertiary/aromatic N) is 5. The number of ether oxygens (including phenoxy) is 1. The van der Waals surface area contributed by atoms with E-state index < -0.39 is 11.9 Å². The minimum atomic E-state index is -0.937. The second-order valence-electron chi connectivity index (χ2n) is 5.92. The van der Waals surface area contributed by atoms with Crippen molar-refractivity contribution >= 4 is 30.1 Å². The lowest BCUT2D eigenvalue weighted by Crippen LogP contribution is -2.34. The van der Waals surface area contributed by atoms with Gasteiger partial charge in [-0.1, -0.05) is 23.4 Å². The van der Waals surface area contributed by atoms with E-state index in [1.54, 1.807) is 17.6 Å². The summed E-state index contributed by atoms with van der Waals surface area (Å²) in [7, 11) is 0. The molecule has 2 heterocycles. The molecule has 0 aliphatic rings. The average Bonchev–Trinajstić information content (AvgIpc) is 3.21. The number of carbonyl (C=O) groups is 2. The van der Waals surface area contributed by atoms with E-state index in [1.165, 1.54) is 0 Å². The largest absolute Gasteiger partial charge is 0.459 e. The van der Waals surface area contributed by atoms with E-state index in [0.29, 0.717) is 5.56 Å². The summed E-state index contributed by atoms with van der Waals surface area (Å²) in [6, 6.07) is 11.1. The van der Waals surface area contributed by atoms with Gasteiger partial charge < -0.3 is 14.9 Å². The molecule has 0 atom stereocenters. The Morgan fingerprint density at radius 1 is 1.27 bits per heavy atom. The van der Waals surface area contributed by atoms with E-state index in [1.807, 2.05) is 42.6 Å². The predicted molar refractivity (Wildman–Crippen MR) is 110 cm³/mol. The molecule has 1 aromatic carbocycles. The van der Waals surface area contributed by atoms with Crippen LogP contribution in [0.1, 0.15) is 12.5 Å². The molecule has 0 aliphatic heterocycles. The first-order valence-corrected chi connectivity index (χ1v) is 9.15. The molecule has 154 valence electrons. The first-order chi connectivity index (χ1) is 14.6. The molecule has 30 heavy (non-hydrogen) atoms. The van der Waals surface area contributed by atoms with Crippen LogP contribution >= 0.6 is 0 Å². The third-order valence-electron chi connectivity index (χ3n) is 3.89. The Labute approximate surface area is 172 Å². The molecular formula is C20H20N6O4. The molecular weight excluding hydrogens is 388 g/mol. The number of benzene rings is 1. The van der Waals surface area contributed by atoms with Crippen LogP contribution in [0, 0.1) is 0 Å². The molecule has 0 bridgehead atoms. The third kappa shape index (κ3) is 5.04. The molecule has 1 amide bonds. The summed E-state index contributed by atoms with van der Waals surface area (Å²) in [6.07, 6.45) is 3.52. The van der Waals surface area contributed by atoms with Crippen LogP contribution in [-0.2, 0) is 19.2 Å². The van der Waals surface area contributed by atoms with Crippen LogP contribution in [0.25, 0.3) is 16.9 Å². The maximum atomic E-state index is 11.4.